The predicted molar refractivity (Wildman–Crippen MR) is 86.1 cm³/mol. The van der Waals surface area contributed by atoms with Crippen LogP contribution in [0.15, 0.2) is 45.6 Å². The van der Waals surface area contributed by atoms with Gasteiger partial charge in [-0.05, 0) is 37.4 Å². The van der Waals surface area contributed by atoms with E-state index in [0.717, 1.165) is 10.8 Å². The molecule has 3 N–H and O–H groups in total. The lowest BCUT2D eigenvalue weighted by Gasteiger charge is -2.14. The second-order valence-electron chi connectivity index (χ2n) is 5.10. The molecule has 6 heteroatoms. The van der Waals surface area contributed by atoms with Crippen molar-refractivity contribution >= 4 is 27.7 Å². The third kappa shape index (κ3) is 2.76. The molecule has 1 atom stereocenters. The van der Waals surface area contributed by atoms with Gasteiger partial charge in [0.25, 0.3) is 0 Å². The van der Waals surface area contributed by atoms with Gasteiger partial charge in [-0.3, -0.25) is 0 Å². The number of aliphatic carboxylic acids is 1. The van der Waals surface area contributed by atoms with Gasteiger partial charge in [0.15, 0.2) is 6.10 Å². The molecule has 0 saturated carbocycles. The van der Waals surface area contributed by atoms with Crippen molar-refractivity contribution < 1.29 is 24.5 Å². The highest BCUT2D eigenvalue weighted by molar-refractivity contribution is 6.05. The van der Waals surface area contributed by atoms with Gasteiger partial charge in [0.1, 0.15) is 11.3 Å². The summed E-state index contributed by atoms with van der Waals surface area (Å²) >= 11 is 0. The minimum atomic E-state index is -1.06. The first-order valence-corrected chi connectivity index (χ1v) is 6.83. The quantitative estimate of drug-likeness (QED) is 0.589. The van der Waals surface area contributed by atoms with E-state index < -0.39 is 17.7 Å². The number of fused-ring (bicyclic) bond motifs is 3. The smallest absolute Gasteiger partial charge is 0.344 e. The zero-order valence-corrected chi connectivity index (χ0v) is 12.6. The number of aryl methyl sites for hydroxylation is 1. The summed E-state index contributed by atoms with van der Waals surface area (Å²) in [6.07, 6.45) is -0.983. The minimum Gasteiger partial charge on any atom is -0.479 e. The molecule has 1 unspecified atom stereocenters. The molecule has 0 aliphatic carbocycles. The first kappa shape index (κ1) is 16.5. The predicted octanol–water partition coefficient (Wildman–Crippen LogP) is 2.28. The fourth-order valence-electron chi connectivity index (χ4n) is 2.43. The molecule has 2 aromatic carbocycles. The van der Waals surface area contributed by atoms with Crippen LogP contribution in [-0.2, 0) is 4.79 Å². The molecule has 3 aromatic rings. The van der Waals surface area contributed by atoms with Crippen molar-refractivity contribution in [3.63, 3.8) is 0 Å². The molecule has 1 aromatic heterocycles. The van der Waals surface area contributed by atoms with Gasteiger partial charge in [0.2, 0.25) is 0 Å². The number of benzene rings is 2. The molecular weight excluding hydrogens is 300 g/mol. The highest BCUT2D eigenvalue weighted by Gasteiger charge is 2.17. The van der Waals surface area contributed by atoms with E-state index in [1.165, 1.54) is 6.92 Å². The maximum absolute atomic E-state index is 12.1. The fourth-order valence-corrected chi connectivity index (χ4v) is 2.43. The van der Waals surface area contributed by atoms with Gasteiger partial charge in [-0.15, -0.1) is 0 Å². The Morgan fingerprint density at radius 2 is 1.78 bits per heavy atom. The van der Waals surface area contributed by atoms with E-state index in [1.54, 1.807) is 31.2 Å². The topological polar surface area (TPSA) is 108 Å². The monoisotopic (exact) mass is 316 g/mol. The summed E-state index contributed by atoms with van der Waals surface area (Å²) in [5.41, 5.74) is 0.599. The number of carbonyl (C=O) groups is 1. The number of hydrogen-bond acceptors (Lipinski definition) is 4. The number of carboxylic acids is 1. The molecule has 0 fully saturated rings. The average Bonchev–Trinajstić information content (AvgIpc) is 2.51. The molecule has 0 bridgehead atoms. The summed E-state index contributed by atoms with van der Waals surface area (Å²) in [6, 6.07) is 10.7. The van der Waals surface area contributed by atoms with E-state index in [9.17, 15) is 9.59 Å². The molecule has 1 heterocycles. The summed E-state index contributed by atoms with van der Waals surface area (Å²) in [5.74, 6) is -0.666. The van der Waals surface area contributed by atoms with E-state index >= 15 is 0 Å². The molecule has 0 aliphatic rings. The maximum atomic E-state index is 12.1. The minimum absolute atomic E-state index is 0. The van der Waals surface area contributed by atoms with E-state index in [1.807, 2.05) is 12.1 Å². The van der Waals surface area contributed by atoms with Gasteiger partial charge < -0.3 is 19.7 Å². The number of carboxylic acid groups (broad SMARTS) is 1. The largest absolute Gasteiger partial charge is 0.479 e. The number of rotatable bonds is 3. The second-order valence-corrected chi connectivity index (χ2v) is 5.10. The lowest BCUT2D eigenvalue weighted by Crippen LogP contribution is -2.23. The molecular formula is C17H16O6. The molecule has 0 spiro atoms. The molecule has 0 amide bonds. The van der Waals surface area contributed by atoms with E-state index in [-0.39, 0.29) is 5.48 Å². The number of hydrogen-bond donors (Lipinski definition) is 1. The van der Waals surface area contributed by atoms with Gasteiger partial charge in [0, 0.05) is 10.9 Å². The maximum Gasteiger partial charge on any atom is 0.344 e. The Hall–Kier alpha value is -2.86. The molecule has 120 valence electrons. The van der Waals surface area contributed by atoms with Crippen molar-refractivity contribution in [1.29, 1.82) is 0 Å². The normalized spacial score (nSPS) is 11.9. The van der Waals surface area contributed by atoms with Crippen LogP contribution in [0.3, 0.4) is 0 Å². The third-order valence-corrected chi connectivity index (χ3v) is 3.64. The summed E-state index contributed by atoms with van der Waals surface area (Å²) in [5, 5.41) is 11.0. The van der Waals surface area contributed by atoms with Gasteiger partial charge in [0.05, 0.1) is 5.39 Å². The summed E-state index contributed by atoms with van der Waals surface area (Å²) in [4.78, 5) is 23.0. The third-order valence-electron chi connectivity index (χ3n) is 3.64. The first-order valence-electron chi connectivity index (χ1n) is 6.83. The molecule has 3 rings (SSSR count). The molecule has 0 aliphatic heterocycles. The van der Waals surface area contributed by atoms with Gasteiger partial charge in [-0.1, -0.05) is 18.2 Å². The van der Waals surface area contributed by atoms with Crippen molar-refractivity contribution in [3.8, 4) is 5.75 Å². The average molecular weight is 316 g/mol. The van der Waals surface area contributed by atoms with Crippen LogP contribution in [0.1, 0.15) is 12.5 Å². The van der Waals surface area contributed by atoms with Crippen molar-refractivity contribution in [3.05, 3.63) is 52.4 Å². The Balaban J connectivity index is 0.00000192. The van der Waals surface area contributed by atoms with Crippen LogP contribution in [0, 0.1) is 6.92 Å². The molecule has 0 radical (unpaired) electrons. The lowest BCUT2D eigenvalue weighted by atomic mass is 10.0. The fraction of sp³-hybridized carbons (Fsp3) is 0.176. The zero-order valence-electron chi connectivity index (χ0n) is 12.6. The Morgan fingerprint density at radius 1 is 1.13 bits per heavy atom. The summed E-state index contributed by atoms with van der Waals surface area (Å²) in [6.45, 7) is 3.19. The van der Waals surface area contributed by atoms with E-state index in [2.05, 4.69) is 0 Å². The SMILES string of the molecule is Cc1c(OC(C)C(=O)O)ccc2c1oc(=O)c1ccccc12.O. The van der Waals surface area contributed by atoms with Crippen LogP contribution in [0.25, 0.3) is 21.7 Å². The van der Waals surface area contributed by atoms with Crippen molar-refractivity contribution in [2.45, 2.75) is 20.0 Å². The first-order chi connectivity index (χ1) is 10.5. The van der Waals surface area contributed by atoms with Gasteiger partial charge >= 0.3 is 11.6 Å². The summed E-state index contributed by atoms with van der Waals surface area (Å²) < 4.78 is 10.8. The lowest BCUT2D eigenvalue weighted by molar-refractivity contribution is -0.144. The Bertz CT molecular complexity index is 941. The van der Waals surface area contributed by atoms with Crippen LogP contribution >= 0.6 is 0 Å². The van der Waals surface area contributed by atoms with E-state index in [0.29, 0.717) is 22.3 Å². The van der Waals surface area contributed by atoms with Crippen LogP contribution < -0.4 is 10.4 Å². The Labute approximate surface area is 131 Å². The Morgan fingerprint density at radius 3 is 2.43 bits per heavy atom. The van der Waals surface area contributed by atoms with Crippen LogP contribution in [0.5, 0.6) is 5.75 Å². The standard InChI is InChI=1S/C17H14O5.H2O/c1-9-14(21-10(2)16(18)19)8-7-12-11-5-3-4-6-13(11)17(20)22-15(9)12;/h3-8,10H,1-2H3,(H,18,19);1H2. The second kappa shape index (κ2) is 6.10. The van der Waals surface area contributed by atoms with Crippen molar-refractivity contribution in [2.24, 2.45) is 0 Å². The van der Waals surface area contributed by atoms with E-state index in [4.69, 9.17) is 14.3 Å². The molecule has 6 nitrogen and oxygen atoms in total. The number of ether oxygens (including phenoxy) is 1. The highest BCUT2D eigenvalue weighted by atomic mass is 16.5. The van der Waals surface area contributed by atoms with Gasteiger partial charge in [-0.25, -0.2) is 9.59 Å². The van der Waals surface area contributed by atoms with Crippen LogP contribution in [-0.4, -0.2) is 22.7 Å². The van der Waals surface area contributed by atoms with Crippen LogP contribution in [0.4, 0.5) is 0 Å². The summed E-state index contributed by atoms with van der Waals surface area (Å²) in [7, 11) is 0. The van der Waals surface area contributed by atoms with Gasteiger partial charge in [-0.2, -0.15) is 0 Å². The van der Waals surface area contributed by atoms with Crippen molar-refractivity contribution in [1.82, 2.24) is 0 Å². The Kier molecular flexibility index (Phi) is 4.38. The zero-order chi connectivity index (χ0) is 15.9. The highest BCUT2D eigenvalue weighted by Crippen LogP contribution is 2.31. The van der Waals surface area contributed by atoms with Crippen LogP contribution in [0.2, 0.25) is 0 Å². The molecule has 0 saturated heterocycles. The van der Waals surface area contributed by atoms with Crippen molar-refractivity contribution in [2.75, 3.05) is 0 Å². The molecule has 23 heavy (non-hydrogen) atoms.